The first-order valence-corrected chi connectivity index (χ1v) is 10.0. The second kappa shape index (κ2) is 9.03. The summed E-state index contributed by atoms with van der Waals surface area (Å²) in [7, 11) is 1.89. The van der Waals surface area contributed by atoms with Crippen LogP contribution in [0.15, 0.2) is 47.6 Å². The normalized spacial score (nSPS) is 16.3. The predicted molar refractivity (Wildman–Crippen MR) is 107 cm³/mol. The van der Waals surface area contributed by atoms with Crippen molar-refractivity contribution in [3.63, 3.8) is 0 Å². The van der Waals surface area contributed by atoms with E-state index in [0.29, 0.717) is 0 Å². The van der Waals surface area contributed by atoms with Crippen molar-refractivity contribution in [2.24, 2.45) is 10.9 Å². The molecule has 1 aromatic heterocycles. The van der Waals surface area contributed by atoms with Crippen LogP contribution in [-0.2, 0) is 13.0 Å². The quantitative estimate of drug-likeness (QED) is 0.652. The number of aromatic nitrogens is 1. The average molecular weight is 337 g/mol. The molecule has 0 spiro atoms. The molecular weight excluding hydrogens is 304 g/mol. The van der Waals surface area contributed by atoms with Crippen LogP contribution in [0.5, 0.6) is 0 Å². The molecule has 134 valence electrons. The van der Waals surface area contributed by atoms with Crippen molar-refractivity contribution in [2.45, 2.75) is 64.8 Å². The zero-order valence-electron chi connectivity index (χ0n) is 15.9. The van der Waals surface area contributed by atoms with Crippen LogP contribution in [0.4, 0.5) is 0 Å². The summed E-state index contributed by atoms with van der Waals surface area (Å²) in [6, 6.07) is 13.5. The van der Waals surface area contributed by atoms with Gasteiger partial charge in [-0.05, 0) is 48.4 Å². The number of rotatable bonds is 6. The Morgan fingerprint density at radius 1 is 1.04 bits per heavy atom. The van der Waals surface area contributed by atoms with E-state index in [1.165, 1.54) is 61.6 Å². The second-order valence-electron chi connectivity index (χ2n) is 7.40. The number of aryl methyl sites for hydroxylation is 2. The van der Waals surface area contributed by atoms with E-state index in [9.17, 15) is 0 Å². The van der Waals surface area contributed by atoms with E-state index in [1.54, 1.807) is 0 Å². The second-order valence-corrected chi connectivity index (χ2v) is 7.40. The first-order valence-electron chi connectivity index (χ1n) is 10.0. The Morgan fingerprint density at radius 3 is 2.48 bits per heavy atom. The van der Waals surface area contributed by atoms with Crippen LogP contribution in [-0.4, -0.2) is 11.6 Å². The summed E-state index contributed by atoms with van der Waals surface area (Å²) in [4.78, 5) is 4.55. The molecule has 1 heterocycles. The highest BCUT2D eigenvalue weighted by molar-refractivity contribution is 5.62. The summed E-state index contributed by atoms with van der Waals surface area (Å²) in [6.07, 6.45) is 13.1. The average Bonchev–Trinajstić information content (AvgIpc) is 2.68. The molecule has 0 saturated heterocycles. The van der Waals surface area contributed by atoms with Gasteiger partial charge in [-0.2, -0.15) is 0 Å². The van der Waals surface area contributed by atoms with E-state index in [-0.39, 0.29) is 0 Å². The Labute approximate surface area is 152 Å². The fraction of sp³-hybridized carbons (Fsp3) is 0.522. The number of nitrogens with zero attached hydrogens (tertiary/aromatic N) is 2. The highest BCUT2D eigenvalue weighted by Crippen LogP contribution is 2.27. The molecule has 0 unspecified atom stereocenters. The third kappa shape index (κ3) is 4.62. The molecule has 2 aromatic rings. The molecule has 0 radical (unpaired) electrons. The molecule has 0 atom stereocenters. The van der Waals surface area contributed by atoms with Crippen molar-refractivity contribution in [2.75, 3.05) is 7.05 Å². The van der Waals surface area contributed by atoms with Crippen LogP contribution in [0.1, 0.15) is 57.4 Å². The van der Waals surface area contributed by atoms with Crippen LogP contribution in [0.3, 0.4) is 0 Å². The Balaban J connectivity index is 1.73. The number of pyridine rings is 1. The number of hydrogen-bond donors (Lipinski definition) is 0. The first kappa shape index (κ1) is 18.0. The fourth-order valence-electron chi connectivity index (χ4n) is 4.14. The van der Waals surface area contributed by atoms with E-state index in [0.717, 1.165) is 24.4 Å². The minimum absolute atomic E-state index is 0.959. The van der Waals surface area contributed by atoms with E-state index in [1.807, 2.05) is 7.05 Å². The minimum atomic E-state index is 0.959. The third-order valence-electron chi connectivity index (χ3n) is 5.55. The smallest absolute Gasteiger partial charge is 0.135 e. The zero-order chi connectivity index (χ0) is 17.5. The van der Waals surface area contributed by atoms with Gasteiger partial charge >= 0.3 is 0 Å². The summed E-state index contributed by atoms with van der Waals surface area (Å²) in [6.45, 7) is 3.22. The molecular formula is C23H32N2. The minimum Gasteiger partial charge on any atom is -0.333 e. The van der Waals surface area contributed by atoms with Crippen LogP contribution < -0.4 is 5.49 Å². The fourth-order valence-corrected chi connectivity index (χ4v) is 4.14. The Bertz CT molecular complexity index is 719. The van der Waals surface area contributed by atoms with E-state index in [2.05, 4.69) is 59.1 Å². The standard InChI is InChI=1S/C23H32N2/c1-3-17-25-18-7-10-22(23(25)24-2)21-15-13-20(14-16-21)12-11-19-8-5-4-6-9-19/h7,10,13-16,18-19H,3-6,8-9,11-12,17H2,1-2H3. The van der Waals surface area contributed by atoms with Gasteiger partial charge in [0.2, 0.25) is 0 Å². The molecule has 0 aliphatic heterocycles. The van der Waals surface area contributed by atoms with Crippen LogP contribution in [0.2, 0.25) is 0 Å². The van der Waals surface area contributed by atoms with Gasteiger partial charge in [-0.1, -0.05) is 63.3 Å². The van der Waals surface area contributed by atoms with Gasteiger partial charge in [0.1, 0.15) is 5.49 Å². The molecule has 2 nitrogen and oxygen atoms in total. The van der Waals surface area contributed by atoms with Crippen molar-refractivity contribution in [1.82, 2.24) is 4.57 Å². The molecule has 3 rings (SSSR count). The third-order valence-corrected chi connectivity index (χ3v) is 5.55. The molecule has 25 heavy (non-hydrogen) atoms. The molecule has 0 N–H and O–H groups in total. The van der Waals surface area contributed by atoms with E-state index in [4.69, 9.17) is 0 Å². The van der Waals surface area contributed by atoms with Gasteiger partial charge in [-0.15, -0.1) is 0 Å². The van der Waals surface area contributed by atoms with Crippen molar-refractivity contribution in [3.8, 4) is 11.1 Å². The topological polar surface area (TPSA) is 17.3 Å². The van der Waals surface area contributed by atoms with Crippen LogP contribution in [0, 0.1) is 5.92 Å². The van der Waals surface area contributed by atoms with Gasteiger partial charge in [0.25, 0.3) is 0 Å². The molecule has 1 aliphatic carbocycles. The van der Waals surface area contributed by atoms with Gasteiger partial charge in [-0.3, -0.25) is 4.99 Å². The van der Waals surface area contributed by atoms with Gasteiger partial charge in [0, 0.05) is 25.4 Å². The maximum Gasteiger partial charge on any atom is 0.135 e. The lowest BCUT2D eigenvalue weighted by atomic mass is 9.85. The summed E-state index contributed by atoms with van der Waals surface area (Å²) >= 11 is 0. The Kier molecular flexibility index (Phi) is 6.49. The van der Waals surface area contributed by atoms with Gasteiger partial charge in [-0.25, -0.2) is 0 Å². The summed E-state index contributed by atoms with van der Waals surface area (Å²) in [5.41, 5.74) is 5.06. The lowest BCUT2D eigenvalue weighted by Crippen LogP contribution is -2.22. The van der Waals surface area contributed by atoms with Gasteiger partial charge < -0.3 is 4.57 Å². The largest absolute Gasteiger partial charge is 0.333 e. The summed E-state index contributed by atoms with van der Waals surface area (Å²) in [5, 5.41) is 0. The monoisotopic (exact) mass is 336 g/mol. The van der Waals surface area contributed by atoms with Crippen molar-refractivity contribution in [3.05, 3.63) is 53.6 Å². The first-order chi connectivity index (χ1) is 12.3. The number of benzene rings is 1. The van der Waals surface area contributed by atoms with Crippen LogP contribution >= 0.6 is 0 Å². The molecule has 1 fully saturated rings. The van der Waals surface area contributed by atoms with E-state index < -0.39 is 0 Å². The molecule has 1 aliphatic rings. The summed E-state index contributed by atoms with van der Waals surface area (Å²) in [5.74, 6) is 0.959. The molecule has 0 amide bonds. The Morgan fingerprint density at radius 2 is 1.80 bits per heavy atom. The Hall–Kier alpha value is -1.83. The molecule has 1 saturated carbocycles. The van der Waals surface area contributed by atoms with Crippen molar-refractivity contribution < 1.29 is 0 Å². The van der Waals surface area contributed by atoms with Gasteiger partial charge in [0.05, 0.1) is 0 Å². The van der Waals surface area contributed by atoms with Crippen molar-refractivity contribution >= 4 is 0 Å². The highest BCUT2D eigenvalue weighted by Gasteiger charge is 2.13. The molecule has 2 heteroatoms. The SMILES string of the molecule is CCCn1cccc(-c2ccc(CCC3CCCCC3)cc2)c1=NC. The van der Waals surface area contributed by atoms with Gasteiger partial charge in [0.15, 0.2) is 0 Å². The van der Waals surface area contributed by atoms with E-state index >= 15 is 0 Å². The summed E-state index contributed by atoms with van der Waals surface area (Å²) < 4.78 is 2.26. The highest BCUT2D eigenvalue weighted by atomic mass is 15.0. The number of hydrogen-bond acceptors (Lipinski definition) is 1. The van der Waals surface area contributed by atoms with Crippen molar-refractivity contribution in [1.29, 1.82) is 0 Å². The maximum atomic E-state index is 4.55. The maximum absolute atomic E-state index is 4.55. The molecule has 0 bridgehead atoms. The van der Waals surface area contributed by atoms with Crippen LogP contribution in [0.25, 0.3) is 11.1 Å². The molecule has 1 aromatic carbocycles. The zero-order valence-corrected chi connectivity index (χ0v) is 15.9. The lowest BCUT2D eigenvalue weighted by Gasteiger charge is -2.21. The lowest BCUT2D eigenvalue weighted by molar-refractivity contribution is 0.339. The predicted octanol–water partition coefficient (Wildman–Crippen LogP) is 5.61.